The molecular formula is C12H16BrN3O. The van der Waals surface area contributed by atoms with Crippen LogP contribution in [0.25, 0.3) is 0 Å². The Morgan fingerprint density at radius 3 is 3.18 bits per heavy atom. The van der Waals surface area contributed by atoms with Crippen molar-refractivity contribution in [3.63, 3.8) is 0 Å². The molecule has 1 aliphatic rings. The number of carbonyl (C=O) groups is 1. The van der Waals surface area contributed by atoms with Crippen molar-refractivity contribution in [3.8, 4) is 0 Å². The maximum absolute atomic E-state index is 11.0. The average molecular weight is 298 g/mol. The molecule has 2 rings (SSSR count). The molecule has 1 fully saturated rings. The number of rotatable bonds is 3. The van der Waals surface area contributed by atoms with E-state index in [0.717, 1.165) is 30.5 Å². The highest BCUT2D eigenvalue weighted by molar-refractivity contribution is 9.10. The number of amides is 1. The molecule has 0 saturated carbocycles. The minimum Gasteiger partial charge on any atom is -0.352 e. The molecule has 5 heteroatoms. The molecule has 0 spiro atoms. The van der Waals surface area contributed by atoms with Crippen molar-refractivity contribution >= 4 is 21.8 Å². The van der Waals surface area contributed by atoms with Crippen LogP contribution in [-0.2, 0) is 11.3 Å². The molecule has 1 unspecified atom stereocenters. The Morgan fingerprint density at radius 2 is 2.47 bits per heavy atom. The number of carbonyl (C=O) groups excluding carboxylic acids is 1. The minimum atomic E-state index is 0.0565. The number of likely N-dealkylation sites (tertiary alicyclic amines) is 1. The van der Waals surface area contributed by atoms with Crippen LogP contribution in [0.3, 0.4) is 0 Å². The van der Waals surface area contributed by atoms with Gasteiger partial charge in [0.1, 0.15) is 0 Å². The summed E-state index contributed by atoms with van der Waals surface area (Å²) in [6, 6.07) is 2.38. The van der Waals surface area contributed by atoms with Gasteiger partial charge in [0, 0.05) is 49.5 Å². The second-order valence-corrected chi connectivity index (χ2v) is 5.35. The van der Waals surface area contributed by atoms with Gasteiger partial charge in [0.05, 0.1) is 0 Å². The summed E-state index contributed by atoms with van der Waals surface area (Å²) in [5.74, 6) is 0.0565. The first-order chi connectivity index (χ1) is 8.13. The topological polar surface area (TPSA) is 45.2 Å². The van der Waals surface area contributed by atoms with Gasteiger partial charge in [-0.2, -0.15) is 0 Å². The van der Waals surface area contributed by atoms with Crippen molar-refractivity contribution in [2.45, 2.75) is 25.9 Å². The SMILES string of the molecule is CC(=O)NC1CCN(Cc2cncc(Br)c2)C1. The largest absolute Gasteiger partial charge is 0.352 e. The Hall–Kier alpha value is -0.940. The van der Waals surface area contributed by atoms with Crippen LogP contribution in [-0.4, -0.2) is 34.9 Å². The lowest BCUT2D eigenvalue weighted by Gasteiger charge is -2.16. The molecule has 0 aromatic carbocycles. The predicted octanol–water partition coefficient (Wildman–Crippen LogP) is 1.55. The number of pyridine rings is 1. The number of hydrogen-bond acceptors (Lipinski definition) is 3. The zero-order valence-corrected chi connectivity index (χ0v) is 11.4. The second-order valence-electron chi connectivity index (χ2n) is 4.43. The van der Waals surface area contributed by atoms with Gasteiger partial charge in [-0.25, -0.2) is 0 Å². The molecule has 1 N–H and O–H groups in total. The van der Waals surface area contributed by atoms with E-state index in [-0.39, 0.29) is 5.91 Å². The molecule has 1 amide bonds. The number of nitrogens with one attached hydrogen (secondary N) is 1. The number of aromatic nitrogens is 1. The van der Waals surface area contributed by atoms with Crippen LogP contribution < -0.4 is 5.32 Å². The number of hydrogen-bond donors (Lipinski definition) is 1. The third-order valence-corrected chi connectivity index (χ3v) is 3.28. The van der Waals surface area contributed by atoms with Crippen molar-refractivity contribution in [3.05, 3.63) is 28.5 Å². The van der Waals surface area contributed by atoms with Crippen LogP contribution in [0, 0.1) is 0 Å². The third kappa shape index (κ3) is 3.78. The molecule has 1 aromatic heterocycles. The first-order valence-electron chi connectivity index (χ1n) is 5.72. The Labute approximate surface area is 110 Å². The molecule has 0 bridgehead atoms. The van der Waals surface area contributed by atoms with E-state index in [4.69, 9.17) is 0 Å². The van der Waals surface area contributed by atoms with Crippen molar-refractivity contribution < 1.29 is 4.79 Å². The molecule has 1 aromatic rings. The summed E-state index contributed by atoms with van der Waals surface area (Å²) in [5.41, 5.74) is 1.20. The van der Waals surface area contributed by atoms with Crippen molar-refractivity contribution in [1.29, 1.82) is 0 Å². The average Bonchev–Trinajstić information content (AvgIpc) is 2.64. The first-order valence-corrected chi connectivity index (χ1v) is 6.51. The number of halogens is 1. The van der Waals surface area contributed by atoms with E-state index in [0.29, 0.717) is 6.04 Å². The van der Waals surface area contributed by atoms with Gasteiger partial charge in [0.2, 0.25) is 5.91 Å². The summed E-state index contributed by atoms with van der Waals surface area (Å²) in [5, 5.41) is 2.96. The van der Waals surface area contributed by atoms with Crippen LogP contribution >= 0.6 is 15.9 Å². The van der Waals surface area contributed by atoms with E-state index in [1.165, 1.54) is 5.56 Å². The van der Waals surface area contributed by atoms with E-state index in [9.17, 15) is 4.79 Å². The van der Waals surface area contributed by atoms with Gasteiger partial charge in [0.25, 0.3) is 0 Å². The molecule has 0 radical (unpaired) electrons. The van der Waals surface area contributed by atoms with Gasteiger partial charge >= 0.3 is 0 Å². The third-order valence-electron chi connectivity index (χ3n) is 2.85. The highest BCUT2D eigenvalue weighted by Gasteiger charge is 2.22. The van der Waals surface area contributed by atoms with Crippen LogP contribution in [0.2, 0.25) is 0 Å². The van der Waals surface area contributed by atoms with Crippen LogP contribution in [0.5, 0.6) is 0 Å². The predicted molar refractivity (Wildman–Crippen MR) is 69.4 cm³/mol. The summed E-state index contributed by atoms with van der Waals surface area (Å²) in [6.45, 7) is 4.41. The highest BCUT2D eigenvalue weighted by Crippen LogP contribution is 2.15. The first kappa shape index (κ1) is 12.5. The molecule has 1 aliphatic heterocycles. The van der Waals surface area contributed by atoms with E-state index >= 15 is 0 Å². The zero-order chi connectivity index (χ0) is 12.3. The molecule has 17 heavy (non-hydrogen) atoms. The zero-order valence-electron chi connectivity index (χ0n) is 9.82. The maximum atomic E-state index is 11.0. The van der Waals surface area contributed by atoms with E-state index in [1.54, 1.807) is 13.1 Å². The van der Waals surface area contributed by atoms with Crippen LogP contribution in [0.4, 0.5) is 0 Å². The molecule has 1 saturated heterocycles. The Balaban J connectivity index is 1.87. The van der Waals surface area contributed by atoms with Crippen molar-refractivity contribution in [2.75, 3.05) is 13.1 Å². The Morgan fingerprint density at radius 1 is 1.65 bits per heavy atom. The quantitative estimate of drug-likeness (QED) is 0.921. The van der Waals surface area contributed by atoms with E-state index in [1.807, 2.05) is 6.20 Å². The lowest BCUT2D eigenvalue weighted by molar-refractivity contribution is -0.119. The fourth-order valence-electron chi connectivity index (χ4n) is 2.18. The summed E-state index contributed by atoms with van der Waals surface area (Å²) in [4.78, 5) is 17.5. The molecule has 2 heterocycles. The fraction of sp³-hybridized carbons (Fsp3) is 0.500. The van der Waals surface area contributed by atoms with Gasteiger partial charge in [-0.15, -0.1) is 0 Å². The number of nitrogens with zero attached hydrogens (tertiary/aromatic N) is 2. The van der Waals surface area contributed by atoms with Crippen LogP contribution in [0.1, 0.15) is 18.9 Å². The lowest BCUT2D eigenvalue weighted by atomic mass is 10.2. The highest BCUT2D eigenvalue weighted by atomic mass is 79.9. The molecular weight excluding hydrogens is 282 g/mol. The summed E-state index contributed by atoms with van der Waals surface area (Å²) >= 11 is 3.42. The smallest absolute Gasteiger partial charge is 0.217 e. The monoisotopic (exact) mass is 297 g/mol. The van der Waals surface area contributed by atoms with Crippen molar-refractivity contribution in [1.82, 2.24) is 15.2 Å². The van der Waals surface area contributed by atoms with Gasteiger partial charge in [-0.3, -0.25) is 14.7 Å². The Kier molecular flexibility index (Phi) is 4.12. The van der Waals surface area contributed by atoms with Gasteiger partial charge in [0.15, 0.2) is 0 Å². The second kappa shape index (κ2) is 5.60. The molecule has 92 valence electrons. The summed E-state index contributed by atoms with van der Waals surface area (Å²) < 4.78 is 1.01. The van der Waals surface area contributed by atoms with Crippen molar-refractivity contribution in [2.24, 2.45) is 0 Å². The lowest BCUT2D eigenvalue weighted by Crippen LogP contribution is -2.35. The molecule has 1 atom stereocenters. The Bertz CT molecular complexity index is 410. The molecule has 4 nitrogen and oxygen atoms in total. The van der Waals surface area contributed by atoms with E-state index in [2.05, 4.69) is 37.2 Å². The van der Waals surface area contributed by atoms with E-state index < -0.39 is 0 Å². The summed E-state index contributed by atoms with van der Waals surface area (Å²) in [7, 11) is 0. The van der Waals surface area contributed by atoms with Gasteiger partial charge in [-0.05, 0) is 34.0 Å². The van der Waals surface area contributed by atoms with Gasteiger partial charge < -0.3 is 5.32 Å². The standard InChI is InChI=1S/C12H16BrN3O/c1-9(17)15-12-2-3-16(8-12)7-10-4-11(13)6-14-5-10/h4-6,12H,2-3,7-8H2,1H3,(H,15,17). The minimum absolute atomic E-state index is 0.0565. The summed E-state index contributed by atoms with van der Waals surface area (Å²) in [6.07, 6.45) is 4.70. The normalized spacial score (nSPS) is 20.5. The van der Waals surface area contributed by atoms with Crippen LogP contribution in [0.15, 0.2) is 22.9 Å². The fourth-order valence-corrected chi connectivity index (χ4v) is 2.59. The maximum Gasteiger partial charge on any atom is 0.217 e. The van der Waals surface area contributed by atoms with Gasteiger partial charge in [-0.1, -0.05) is 0 Å². The molecule has 0 aliphatic carbocycles.